The molecule has 1 aromatic carbocycles. The number of benzene rings is 1. The van der Waals surface area contributed by atoms with Crippen molar-refractivity contribution in [2.45, 2.75) is 64.4 Å². The quantitative estimate of drug-likeness (QED) is 0.639. The Bertz CT molecular complexity index is 648. The minimum atomic E-state index is -0.696. The van der Waals surface area contributed by atoms with E-state index in [-0.39, 0.29) is 5.91 Å². The number of amides is 1. The first-order chi connectivity index (χ1) is 14.0. The molecule has 0 aromatic heterocycles. The van der Waals surface area contributed by atoms with Crippen LogP contribution in [0.5, 0.6) is 5.75 Å². The van der Waals surface area contributed by atoms with Gasteiger partial charge in [0.15, 0.2) is 0 Å². The van der Waals surface area contributed by atoms with E-state index in [1.807, 2.05) is 24.3 Å². The minimum absolute atomic E-state index is 0.0315. The fraction of sp³-hybridized carbons (Fsp3) is 0.708. The predicted octanol–water partition coefficient (Wildman–Crippen LogP) is 4.72. The van der Waals surface area contributed by atoms with E-state index in [1.165, 1.54) is 32.4 Å². The van der Waals surface area contributed by atoms with E-state index in [4.69, 9.17) is 9.47 Å². The Morgan fingerprint density at radius 1 is 1.17 bits per heavy atom. The molecule has 5 heteroatoms. The number of carbonyl (C=O) groups excluding carboxylic acids is 1. The van der Waals surface area contributed by atoms with E-state index in [2.05, 4.69) is 24.1 Å². The first-order valence-electron chi connectivity index (χ1n) is 11.3. The maximum Gasteiger partial charge on any atom is 0.256 e. The van der Waals surface area contributed by atoms with E-state index in [0.29, 0.717) is 5.92 Å². The zero-order valence-electron chi connectivity index (χ0n) is 18.4. The molecule has 3 unspecified atom stereocenters. The van der Waals surface area contributed by atoms with Gasteiger partial charge >= 0.3 is 0 Å². The highest BCUT2D eigenvalue weighted by atomic mass is 16.5. The van der Waals surface area contributed by atoms with Gasteiger partial charge in [0.1, 0.15) is 11.4 Å². The van der Waals surface area contributed by atoms with Crippen molar-refractivity contribution < 1.29 is 14.3 Å². The van der Waals surface area contributed by atoms with Gasteiger partial charge in [-0.25, -0.2) is 0 Å². The molecule has 3 rings (SSSR count). The molecule has 1 saturated carbocycles. The Hall–Kier alpha value is -1.59. The third-order valence-electron chi connectivity index (χ3n) is 6.50. The summed E-state index contributed by atoms with van der Waals surface area (Å²) < 4.78 is 11.6. The van der Waals surface area contributed by atoms with Crippen LogP contribution in [0.1, 0.15) is 58.8 Å². The standard InChI is InChI=1S/C24H38N2O3/c1-19-7-4-13-24(17-19,28-3)23(27)25-21-9-11-22(12-10-21)29-16-6-15-26-14-5-8-20(2)18-26/h9-12,19-20H,4-8,13-18H2,1-3H3,(H,25,27). The summed E-state index contributed by atoms with van der Waals surface area (Å²) in [4.78, 5) is 15.4. The maximum atomic E-state index is 12.9. The molecular weight excluding hydrogens is 364 g/mol. The maximum absolute atomic E-state index is 12.9. The fourth-order valence-corrected chi connectivity index (χ4v) is 4.83. The largest absolute Gasteiger partial charge is 0.494 e. The second-order valence-electron chi connectivity index (χ2n) is 9.13. The van der Waals surface area contributed by atoms with Crippen LogP contribution in [0.25, 0.3) is 0 Å². The number of hydrogen-bond donors (Lipinski definition) is 1. The highest BCUT2D eigenvalue weighted by Gasteiger charge is 2.41. The van der Waals surface area contributed by atoms with E-state index in [9.17, 15) is 4.79 Å². The van der Waals surface area contributed by atoms with Crippen LogP contribution >= 0.6 is 0 Å². The lowest BCUT2D eigenvalue weighted by Crippen LogP contribution is -2.47. The fourth-order valence-electron chi connectivity index (χ4n) is 4.83. The van der Waals surface area contributed by atoms with Gasteiger partial charge < -0.3 is 19.7 Å². The number of nitrogens with zero attached hydrogens (tertiary/aromatic N) is 1. The molecule has 1 aliphatic heterocycles. The van der Waals surface area contributed by atoms with Crippen molar-refractivity contribution in [2.75, 3.05) is 38.7 Å². The highest BCUT2D eigenvalue weighted by Crippen LogP contribution is 2.35. The molecule has 162 valence electrons. The van der Waals surface area contributed by atoms with E-state index in [0.717, 1.165) is 56.2 Å². The molecule has 0 spiro atoms. The van der Waals surface area contributed by atoms with Crippen LogP contribution in [0.15, 0.2) is 24.3 Å². The zero-order valence-corrected chi connectivity index (χ0v) is 18.4. The van der Waals surface area contributed by atoms with Gasteiger partial charge in [-0.1, -0.05) is 20.3 Å². The van der Waals surface area contributed by atoms with Crippen molar-refractivity contribution in [3.63, 3.8) is 0 Å². The molecule has 1 aliphatic carbocycles. The lowest BCUT2D eigenvalue weighted by molar-refractivity contribution is -0.143. The van der Waals surface area contributed by atoms with Crippen LogP contribution in [0.2, 0.25) is 0 Å². The average Bonchev–Trinajstić information content (AvgIpc) is 2.72. The lowest BCUT2D eigenvalue weighted by Gasteiger charge is -2.37. The molecule has 2 aliphatic rings. The molecule has 2 fully saturated rings. The molecule has 0 radical (unpaired) electrons. The lowest BCUT2D eigenvalue weighted by atomic mass is 9.78. The normalized spacial score (nSPS) is 28.1. The van der Waals surface area contributed by atoms with E-state index in [1.54, 1.807) is 7.11 Å². The summed E-state index contributed by atoms with van der Waals surface area (Å²) in [5, 5.41) is 3.04. The number of carbonyl (C=O) groups is 1. The SMILES string of the molecule is COC1(C(=O)Nc2ccc(OCCCN3CCCC(C)C3)cc2)CCCC(C)C1. The van der Waals surface area contributed by atoms with Gasteiger partial charge in [-0.05, 0) is 81.2 Å². The van der Waals surface area contributed by atoms with Crippen molar-refractivity contribution in [1.82, 2.24) is 4.90 Å². The smallest absolute Gasteiger partial charge is 0.256 e. The number of rotatable bonds is 8. The van der Waals surface area contributed by atoms with Crippen LogP contribution in [0.4, 0.5) is 5.69 Å². The predicted molar refractivity (Wildman–Crippen MR) is 117 cm³/mol. The second kappa shape index (κ2) is 10.4. The molecule has 29 heavy (non-hydrogen) atoms. The summed E-state index contributed by atoms with van der Waals surface area (Å²) >= 11 is 0. The number of hydrogen-bond acceptors (Lipinski definition) is 4. The van der Waals surface area contributed by atoms with E-state index >= 15 is 0 Å². The second-order valence-corrected chi connectivity index (χ2v) is 9.13. The van der Waals surface area contributed by atoms with Crippen LogP contribution in [-0.4, -0.2) is 49.8 Å². The Balaban J connectivity index is 1.43. The Morgan fingerprint density at radius 3 is 2.62 bits per heavy atom. The topological polar surface area (TPSA) is 50.8 Å². The van der Waals surface area contributed by atoms with Crippen molar-refractivity contribution in [3.05, 3.63) is 24.3 Å². The molecule has 1 amide bonds. The van der Waals surface area contributed by atoms with Gasteiger partial charge in [0.25, 0.3) is 5.91 Å². The average molecular weight is 403 g/mol. The Kier molecular flexibility index (Phi) is 7.96. The molecule has 3 atom stereocenters. The minimum Gasteiger partial charge on any atom is -0.494 e. The van der Waals surface area contributed by atoms with Gasteiger partial charge in [-0.3, -0.25) is 4.79 Å². The third-order valence-corrected chi connectivity index (χ3v) is 6.50. The van der Waals surface area contributed by atoms with Crippen molar-refractivity contribution in [3.8, 4) is 5.75 Å². The summed E-state index contributed by atoms with van der Waals surface area (Å²) in [6, 6.07) is 7.69. The van der Waals surface area contributed by atoms with Gasteiger partial charge in [0, 0.05) is 25.9 Å². The van der Waals surface area contributed by atoms with Crippen molar-refractivity contribution in [2.24, 2.45) is 11.8 Å². The number of piperidine rings is 1. The van der Waals surface area contributed by atoms with Gasteiger partial charge in [0.2, 0.25) is 0 Å². The summed E-state index contributed by atoms with van der Waals surface area (Å²) in [5.74, 6) is 2.15. The molecule has 5 nitrogen and oxygen atoms in total. The van der Waals surface area contributed by atoms with Crippen molar-refractivity contribution in [1.29, 1.82) is 0 Å². The molecule has 0 bridgehead atoms. The van der Waals surface area contributed by atoms with Crippen molar-refractivity contribution >= 4 is 11.6 Å². The monoisotopic (exact) mass is 402 g/mol. The van der Waals surface area contributed by atoms with Crippen LogP contribution in [0, 0.1) is 11.8 Å². The number of ether oxygens (including phenoxy) is 2. The Labute approximate surface area is 176 Å². The molecular formula is C24H38N2O3. The number of nitrogens with one attached hydrogen (secondary N) is 1. The molecule has 1 saturated heterocycles. The summed E-state index contributed by atoms with van der Waals surface area (Å²) in [5.41, 5.74) is 0.0954. The number of methoxy groups -OCH3 is 1. The van der Waals surface area contributed by atoms with E-state index < -0.39 is 5.60 Å². The molecule has 1 aromatic rings. The highest BCUT2D eigenvalue weighted by molar-refractivity contribution is 5.97. The molecule has 1 heterocycles. The summed E-state index contributed by atoms with van der Waals surface area (Å²) in [7, 11) is 1.65. The first kappa shape index (κ1) is 22.1. The van der Waals surface area contributed by atoms with Crippen LogP contribution < -0.4 is 10.1 Å². The molecule has 1 N–H and O–H groups in total. The van der Waals surface area contributed by atoms with Gasteiger partial charge in [-0.15, -0.1) is 0 Å². The Morgan fingerprint density at radius 2 is 1.93 bits per heavy atom. The summed E-state index contributed by atoms with van der Waals surface area (Å²) in [6.45, 7) is 8.80. The third kappa shape index (κ3) is 6.19. The zero-order chi connectivity index (χ0) is 20.7. The van der Waals surface area contributed by atoms with Crippen LogP contribution in [-0.2, 0) is 9.53 Å². The van der Waals surface area contributed by atoms with Crippen LogP contribution in [0.3, 0.4) is 0 Å². The first-order valence-corrected chi connectivity index (χ1v) is 11.3. The van der Waals surface area contributed by atoms with Gasteiger partial charge in [-0.2, -0.15) is 0 Å². The summed E-state index contributed by atoms with van der Waals surface area (Å²) in [6.07, 6.45) is 7.49. The number of anilines is 1. The van der Waals surface area contributed by atoms with Gasteiger partial charge in [0.05, 0.1) is 6.61 Å². The number of likely N-dealkylation sites (tertiary alicyclic amines) is 1.